The average molecular weight is 456 g/mol. The Kier molecular flexibility index (Phi) is 4.17. The summed E-state index contributed by atoms with van der Waals surface area (Å²) in [7, 11) is 0. The van der Waals surface area contributed by atoms with E-state index in [4.69, 9.17) is 9.84 Å². The lowest BCUT2D eigenvalue weighted by atomic mass is 9.97. The molecule has 28 heavy (non-hydrogen) atoms. The van der Waals surface area contributed by atoms with Gasteiger partial charge in [0.1, 0.15) is 5.75 Å². The molecule has 0 N–H and O–H groups in total. The highest BCUT2D eigenvalue weighted by atomic mass is 79.9. The molecule has 5 rings (SSSR count). The van der Waals surface area contributed by atoms with Crippen LogP contribution in [0.4, 0.5) is 5.69 Å². The average Bonchev–Trinajstić information content (AvgIpc) is 3.34. The summed E-state index contributed by atoms with van der Waals surface area (Å²) in [6, 6.07) is 18.6. The third kappa shape index (κ3) is 2.89. The van der Waals surface area contributed by atoms with Crippen molar-refractivity contribution in [3.63, 3.8) is 0 Å². The maximum absolute atomic E-state index is 11.2. The monoisotopic (exact) mass is 455 g/mol. The van der Waals surface area contributed by atoms with Crippen molar-refractivity contribution in [1.29, 1.82) is 0 Å². The molecular weight excluding hydrogens is 442 g/mol. The van der Waals surface area contributed by atoms with Gasteiger partial charge in [-0.1, -0.05) is 30.3 Å². The van der Waals surface area contributed by atoms with Gasteiger partial charge in [0.25, 0.3) is 5.69 Å². The van der Waals surface area contributed by atoms with Gasteiger partial charge >= 0.3 is 0 Å². The molecule has 0 aliphatic carbocycles. The van der Waals surface area contributed by atoms with Gasteiger partial charge in [0.05, 0.1) is 25.3 Å². The number of rotatable bonds is 3. The number of hydrazone groups is 1. The number of ether oxygens (including phenoxy) is 1. The van der Waals surface area contributed by atoms with Crippen LogP contribution in [-0.2, 0) is 0 Å². The quantitative estimate of drug-likeness (QED) is 0.377. The molecule has 3 aromatic rings. The number of nitro benzene ring substituents is 1. The fourth-order valence-corrected chi connectivity index (χ4v) is 5.04. The van der Waals surface area contributed by atoms with Crippen molar-refractivity contribution in [2.45, 2.75) is 18.7 Å². The third-order valence-corrected chi connectivity index (χ3v) is 6.60. The first kappa shape index (κ1) is 17.4. The number of fused-ring (bicyclic) bond motifs is 3. The zero-order valence-corrected chi connectivity index (χ0v) is 16.9. The smallest absolute Gasteiger partial charge is 0.269 e. The number of para-hydroxylation sites is 1. The fourth-order valence-electron chi connectivity index (χ4n) is 3.66. The molecule has 0 bridgehead atoms. The van der Waals surface area contributed by atoms with Gasteiger partial charge in [0.15, 0.2) is 0 Å². The van der Waals surface area contributed by atoms with E-state index in [2.05, 4.69) is 28.1 Å². The van der Waals surface area contributed by atoms with Gasteiger partial charge in [-0.3, -0.25) is 10.1 Å². The molecule has 0 radical (unpaired) electrons. The second-order valence-electron chi connectivity index (χ2n) is 6.61. The molecule has 0 saturated carbocycles. The Morgan fingerprint density at radius 1 is 1.18 bits per heavy atom. The van der Waals surface area contributed by atoms with Gasteiger partial charge < -0.3 is 4.74 Å². The first-order valence-electron chi connectivity index (χ1n) is 8.71. The zero-order valence-electron chi connectivity index (χ0n) is 14.5. The predicted octanol–water partition coefficient (Wildman–Crippen LogP) is 5.66. The lowest BCUT2D eigenvalue weighted by molar-refractivity contribution is -0.385. The molecule has 140 valence electrons. The summed E-state index contributed by atoms with van der Waals surface area (Å²) in [6.07, 6.45) is 0.249. The van der Waals surface area contributed by atoms with E-state index >= 15 is 0 Å². The minimum atomic E-state index is -0.513. The molecule has 6 nitrogen and oxygen atoms in total. The van der Waals surface area contributed by atoms with Gasteiger partial charge in [-0.05, 0) is 34.1 Å². The van der Waals surface area contributed by atoms with Gasteiger partial charge in [0, 0.05) is 29.7 Å². The van der Waals surface area contributed by atoms with Crippen LogP contribution in [0.5, 0.6) is 5.75 Å². The Hall–Kier alpha value is -2.71. The second kappa shape index (κ2) is 6.72. The first-order valence-corrected chi connectivity index (χ1v) is 10.3. The summed E-state index contributed by atoms with van der Waals surface area (Å²) in [5, 5.41) is 18.0. The van der Waals surface area contributed by atoms with Crippen LogP contribution >= 0.6 is 27.3 Å². The Balaban J connectivity index is 1.60. The molecule has 0 fully saturated rings. The number of hydrogen-bond acceptors (Lipinski definition) is 6. The minimum absolute atomic E-state index is 0.0325. The van der Waals surface area contributed by atoms with E-state index < -0.39 is 6.23 Å². The predicted molar refractivity (Wildman–Crippen MR) is 111 cm³/mol. The number of hydrogen-bond donors (Lipinski definition) is 0. The van der Waals surface area contributed by atoms with E-state index in [0.717, 1.165) is 32.1 Å². The van der Waals surface area contributed by atoms with Crippen LogP contribution in [0.2, 0.25) is 0 Å². The van der Waals surface area contributed by atoms with Gasteiger partial charge in [-0.2, -0.15) is 5.10 Å². The molecule has 8 heteroatoms. The van der Waals surface area contributed by atoms with Crippen molar-refractivity contribution in [2.24, 2.45) is 5.10 Å². The van der Waals surface area contributed by atoms with Crippen molar-refractivity contribution in [2.75, 3.05) is 0 Å². The summed E-state index contributed by atoms with van der Waals surface area (Å²) >= 11 is 5.16. The maximum Gasteiger partial charge on any atom is 0.269 e. The summed E-state index contributed by atoms with van der Waals surface area (Å²) in [5.41, 5.74) is 2.84. The number of nitro groups is 1. The van der Waals surface area contributed by atoms with Crippen LogP contribution in [0.3, 0.4) is 0 Å². The molecule has 0 amide bonds. The molecule has 3 heterocycles. The third-order valence-electron chi connectivity index (χ3n) is 4.92. The van der Waals surface area contributed by atoms with Crippen molar-refractivity contribution < 1.29 is 9.66 Å². The van der Waals surface area contributed by atoms with Crippen LogP contribution < -0.4 is 4.74 Å². The summed E-state index contributed by atoms with van der Waals surface area (Å²) in [5.74, 6) is 0.795. The molecule has 2 aromatic carbocycles. The molecular formula is C20H14BrN3O3S. The molecule has 2 aliphatic rings. The topological polar surface area (TPSA) is 68.0 Å². The minimum Gasteiger partial charge on any atom is -0.464 e. The van der Waals surface area contributed by atoms with E-state index in [9.17, 15) is 10.1 Å². The molecule has 2 atom stereocenters. The highest BCUT2D eigenvalue weighted by molar-refractivity contribution is 9.11. The van der Waals surface area contributed by atoms with Crippen LogP contribution in [-0.4, -0.2) is 15.6 Å². The highest BCUT2D eigenvalue weighted by Gasteiger charge is 2.41. The largest absolute Gasteiger partial charge is 0.464 e. The Bertz CT molecular complexity index is 1110. The van der Waals surface area contributed by atoms with Crippen molar-refractivity contribution in [3.05, 3.63) is 90.6 Å². The number of halogens is 1. The molecule has 0 saturated heterocycles. The normalized spacial score (nSPS) is 20.2. The van der Waals surface area contributed by atoms with Gasteiger partial charge in [-0.15, -0.1) is 11.3 Å². The number of thiophene rings is 1. The summed E-state index contributed by atoms with van der Waals surface area (Å²) in [6.45, 7) is 0. The van der Waals surface area contributed by atoms with Crippen LogP contribution in [0.25, 0.3) is 0 Å². The van der Waals surface area contributed by atoms with E-state index in [0.29, 0.717) is 5.56 Å². The number of non-ortho nitro benzene ring substituents is 1. The molecule has 0 spiro atoms. The van der Waals surface area contributed by atoms with E-state index in [1.54, 1.807) is 23.5 Å². The van der Waals surface area contributed by atoms with E-state index in [-0.39, 0.29) is 16.7 Å². The van der Waals surface area contributed by atoms with Crippen molar-refractivity contribution in [3.8, 4) is 5.75 Å². The second-order valence-corrected chi connectivity index (χ2v) is 9.07. The Morgan fingerprint density at radius 2 is 2.04 bits per heavy atom. The zero-order chi connectivity index (χ0) is 19.3. The molecule has 0 unspecified atom stereocenters. The Morgan fingerprint density at radius 3 is 2.82 bits per heavy atom. The lowest BCUT2D eigenvalue weighted by Crippen LogP contribution is -2.33. The standard InChI is InChI=1S/C20H14BrN3O3S/c21-19-9-8-18(28-19)15-11-16-14-6-1-2-7-17(14)27-20(23(16)22-15)12-4-3-5-13(10-12)24(25)26/h1-10,16,20H,11H2/t16-,20+/m0/s1. The summed E-state index contributed by atoms with van der Waals surface area (Å²) < 4.78 is 7.30. The van der Waals surface area contributed by atoms with Crippen LogP contribution in [0.15, 0.2) is 69.6 Å². The highest BCUT2D eigenvalue weighted by Crippen LogP contribution is 2.48. The Labute approximate surface area is 173 Å². The van der Waals surface area contributed by atoms with Crippen LogP contribution in [0, 0.1) is 10.1 Å². The molecule has 2 aliphatic heterocycles. The van der Waals surface area contributed by atoms with E-state index in [1.807, 2.05) is 35.3 Å². The van der Waals surface area contributed by atoms with Crippen molar-refractivity contribution >= 4 is 38.7 Å². The molecule has 1 aromatic heterocycles. The SMILES string of the molecule is O=[N+]([O-])c1cccc([C@H]2Oc3ccccc3[C@@H]3CC(c4ccc(Br)s4)=NN23)c1. The fraction of sp³-hybridized carbons (Fsp3) is 0.150. The number of benzene rings is 2. The summed E-state index contributed by atoms with van der Waals surface area (Å²) in [4.78, 5) is 11.9. The lowest BCUT2D eigenvalue weighted by Gasteiger charge is -2.38. The van der Waals surface area contributed by atoms with Crippen LogP contribution in [0.1, 0.15) is 34.7 Å². The first-order chi connectivity index (χ1) is 13.6. The van der Waals surface area contributed by atoms with E-state index in [1.165, 1.54) is 6.07 Å². The van der Waals surface area contributed by atoms with Gasteiger partial charge in [0.2, 0.25) is 6.23 Å². The van der Waals surface area contributed by atoms with Crippen molar-refractivity contribution in [1.82, 2.24) is 5.01 Å². The number of nitrogens with zero attached hydrogens (tertiary/aromatic N) is 3. The maximum atomic E-state index is 11.2. The van der Waals surface area contributed by atoms with Gasteiger partial charge in [-0.25, -0.2) is 5.01 Å².